The first-order chi connectivity index (χ1) is 14.3. The molecule has 1 aliphatic heterocycles. The maximum absolute atomic E-state index is 12.6. The molecule has 0 atom stereocenters. The number of benzene rings is 1. The first kappa shape index (κ1) is 17.7. The number of fused-ring (bicyclic) bond motifs is 1. The molecule has 0 bridgehead atoms. The monoisotopic (exact) mass is 392 g/mol. The zero-order chi connectivity index (χ0) is 19.6. The molecule has 0 unspecified atom stereocenters. The van der Waals surface area contributed by atoms with E-state index in [2.05, 4.69) is 15.1 Å². The molecule has 1 fully saturated rings. The SMILES string of the molecule is O=C(CCc1nc(-c2ccco2)no1)N1CCC(c2nc3ccccc3o2)CC1. The third-order valence-corrected chi connectivity index (χ3v) is 5.27. The molecular weight excluding hydrogens is 372 g/mol. The van der Waals surface area contributed by atoms with Crippen molar-refractivity contribution in [1.29, 1.82) is 0 Å². The number of hydrogen-bond donors (Lipinski definition) is 0. The Hall–Kier alpha value is -3.42. The lowest BCUT2D eigenvalue weighted by Crippen LogP contribution is -2.38. The number of furan rings is 1. The standard InChI is InChI=1S/C21H20N4O4/c26-19(8-7-18-23-20(24-29-18)17-6-3-13-27-17)25-11-9-14(10-12-25)21-22-15-4-1-2-5-16(15)28-21/h1-6,13-14H,7-12H2. The number of carbonyl (C=O) groups excluding carboxylic acids is 1. The van der Waals surface area contributed by atoms with Gasteiger partial charge in [0.25, 0.3) is 0 Å². The first-order valence-electron chi connectivity index (χ1n) is 9.76. The van der Waals surface area contributed by atoms with Gasteiger partial charge < -0.3 is 18.3 Å². The molecule has 8 heteroatoms. The Bertz CT molecular complexity index is 1070. The van der Waals surface area contributed by atoms with Gasteiger partial charge in [-0.05, 0) is 37.1 Å². The van der Waals surface area contributed by atoms with E-state index in [-0.39, 0.29) is 11.8 Å². The smallest absolute Gasteiger partial charge is 0.238 e. The molecule has 1 amide bonds. The van der Waals surface area contributed by atoms with E-state index in [0.29, 0.717) is 43.4 Å². The van der Waals surface area contributed by atoms with Crippen molar-refractivity contribution in [3.05, 3.63) is 54.4 Å². The summed E-state index contributed by atoms with van der Waals surface area (Å²) in [6.07, 6.45) is 4.01. The molecule has 0 spiro atoms. The average molecular weight is 392 g/mol. The van der Waals surface area contributed by atoms with Crippen LogP contribution in [0.15, 0.2) is 56.0 Å². The third-order valence-electron chi connectivity index (χ3n) is 5.27. The minimum atomic E-state index is 0.0961. The maximum Gasteiger partial charge on any atom is 0.238 e. The Balaban J connectivity index is 1.14. The highest BCUT2D eigenvalue weighted by atomic mass is 16.5. The predicted octanol–water partition coefficient (Wildman–Crippen LogP) is 3.81. The van der Waals surface area contributed by atoms with Gasteiger partial charge in [-0.1, -0.05) is 17.3 Å². The van der Waals surface area contributed by atoms with E-state index in [1.54, 1.807) is 18.4 Å². The highest BCUT2D eigenvalue weighted by molar-refractivity contribution is 5.76. The molecule has 0 aliphatic carbocycles. The van der Waals surface area contributed by atoms with Gasteiger partial charge in [-0.15, -0.1) is 0 Å². The summed E-state index contributed by atoms with van der Waals surface area (Å²) in [4.78, 5) is 23.3. The van der Waals surface area contributed by atoms with Crippen LogP contribution >= 0.6 is 0 Å². The minimum Gasteiger partial charge on any atom is -0.461 e. The first-order valence-corrected chi connectivity index (χ1v) is 9.76. The summed E-state index contributed by atoms with van der Waals surface area (Å²) in [5.74, 6) is 2.50. The molecule has 0 saturated carbocycles. The Morgan fingerprint density at radius 2 is 1.97 bits per heavy atom. The van der Waals surface area contributed by atoms with Crippen molar-refractivity contribution in [2.24, 2.45) is 0 Å². The molecule has 148 valence electrons. The van der Waals surface area contributed by atoms with Crippen LogP contribution in [0.25, 0.3) is 22.7 Å². The molecule has 1 aliphatic rings. The fourth-order valence-corrected chi connectivity index (χ4v) is 3.67. The molecule has 1 aromatic carbocycles. The lowest BCUT2D eigenvalue weighted by molar-refractivity contribution is -0.132. The molecule has 8 nitrogen and oxygen atoms in total. The predicted molar refractivity (Wildman–Crippen MR) is 103 cm³/mol. The number of nitrogens with zero attached hydrogens (tertiary/aromatic N) is 4. The number of aryl methyl sites for hydroxylation is 1. The lowest BCUT2D eigenvalue weighted by atomic mass is 9.96. The summed E-state index contributed by atoms with van der Waals surface area (Å²) in [6.45, 7) is 1.40. The summed E-state index contributed by atoms with van der Waals surface area (Å²) in [5, 5.41) is 3.89. The Labute approximate surface area is 166 Å². The van der Waals surface area contributed by atoms with Gasteiger partial charge in [0.1, 0.15) is 5.52 Å². The van der Waals surface area contributed by atoms with E-state index in [9.17, 15) is 4.79 Å². The van der Waals surface area contributed by atoms with Crippen molar-refractivity contribution in [2.45, 2.75) is 31.6 Å². The van der Waals surface area contributed by atoms with Crippen LogP contribution in [0, 0.1) is 0 Å². The van der Waals surface area contributed by atoms with Gasteiger partial charge in [-0.25, -0.2) is 4.98 Å². The van der Waals surface area contributed by atoms with Crippen LogP contribution in [0.2, 0.25) is 0 Å². The van der Waals surface area contributed by atoms with Crippen LogP contribution in [0.1, 0.15) is 37.0 Å². The Morgan fingerprint density at radius 3 is 2.76 bits per heavy atom. The highest BCUT2D eigenvalue weighted by Gasteiger charge is 2.27. The summed E-state index contributed by atoms with van der Waals surface area (Å²) in [5.41, 5.74) is 1.70. The molecule has 5 rings (SSSR count). The lowest BCUT2D eigenvalue weighted by Gasteiger charge is -2.30. The number of piperidine rings is 1. The minimum absolute atomic E-state index is 0.0961. The van der Waals surface area contributed by atoms with Gasteiger partial charge in [0, 0.05) is 31.8 Å². The number of hydrogen-bond acceptors (Lipinski definition) is 7. The van der Waals surface area contributed by atoms with Crippen LogP contribution in [-0.2, 0) is 11.2 Å². The number of amides is 1. The van der Waals surface area contributed by atoms with Crippen LogP contribution in [0.4, 0.5) is 0 Å². The topological polar surface area (TPSA) is 98.4 Å². The van der Waals surface area contributed by atoms with Crippen LogP contribution in [-0.4, -0.2) is 39.0 Å². The van der Waals surface area contributed by atoms with E-state index in [4.69, 9.17) is 13.4 Å². The van der Waals surface area contributed by atoms with Crippen LogP contribution in [0.3, 0.4) is 0 Å². The summed E-state index contributed by atoms with van der Waals surface area (Å²) in [7, 11) is 0. The number of rotatable bonds is 5. The Morgan fingerprint density at radius 1 is 1.10 bits per heavy atom. The average Bonchev–Trinajstić information content (AvgIpc) is 3.52. The van der Waals surface area contributed by atoms with E-state index >= 15 is 0 Å². The van der Waals surface area contributed by atoms with E-state index < -0.39 is 0 Å². The molecule has 4 aromatic rings. The van der Waals surface area contributed by atoms with Gasteiger partial charge in [-0.2, -0.15) is 4.98 Å². The zero-order valence-corrected chi connectivity index (χ0v) is 15.8. The molecule has 1 saturated heterocycles. The number of para-hydroxylation sites is 2. The molecular formula is C21H20N4O4. The Kier molecular flexibility index (Phi) is 4.59. The molecule has 0 radical (unpaired) electrons. The number of carbonyl (C=O) groups is 1. The van der Waals surface area contributed by atoms with E-state index in [0.717, 1.165) is 29.8 Å². The molecule has 29 heavy (non-hydrogen) atoms. The van der Waals surface area contributed by atoms with Gasteiger partial charge in [0.15, 0.2) is 17.2 Å². The normalized spacial score (nSPS) is 15.2. The van der Waals surface area contributed by atoms with Crippen LogP contribution in [0.5, 0.6) is 0 Å². The molecule has 0 N–H and O–H groups in total. The van der Waals surface area contributed by atoms with Gasteiger partial charge in [-0.3, -0.25) is 4.79 Å². The quantitative estimate of drug-likeness (QED) is 0.509. The zero-order valence-electron chi connectivity index (χ0n) is 15.8. The van der Waals surface area contributed by atoms with Crippen molar-refractivity contribution in [3.8, 4) is 11.6 Å². The third kappa shape index (κ3) is 3.65. The fourth-order valence-electron chi connectivity index (χ4n) is 3.67. The largest absolute Gasteiger partial charge is 0.461 e. The van der Waals surface area contributed by atoms with Crippen molar-refractivity contribution in [3.63, 3.8) is 0 Å². The van der Waals surface area contributed by atoms with E-state index in [1.807, 2.05) is 29.2 Å². The van der Waals surface area contributed by atoms with Crippen molar-refractivity contribution >= 4 is 17.0 Å². The van der Waals surface area contributed by atoms with Crippen LogP contribution < -0.4 is 0 Å². The second kappa shape index (κ2) is 7.54. The second-order valence-electron chi connectivity index (χ2n) is 7.16. The van der Waals surface area contributed by atoms with E-state index in [1.165, 1.54) is 0 Å². The van der Waals surface area contributed by atoms with Gasteiger partial charge >= 0.3 is 0 Å². The van der Waals surface area contributed by atoms with Gasteiger partial charge in [0.05, 0.1) is 6.26 Å². The van der Waals surface area contributed by atoms with Crippen molar-refractivity contribution < 1.29 is 18.2 Å². The van der Waals surface area contributed by atoms with Gasteiger partial charge in [0.2, 0.25) is 17.6 Å². The number of aromatic nitrogens is 3. The van der Waals surface area contributed by atoms with Crippen molar-refractivity contribution in [2.75, 3.05) is 13.1 Å². The molecule has 4 heterocycles. The number of oxazole rings is 1. The summed E-state index contributed by atoms with van der Waals surface area (Å²) in [6, 6.07) is 11.3. The maximum atomic E-state index is 12.6. The number of likely N-dealkylation sites (tertiary alicyclic amines) is 1. The summed E-state index contributed by atoms with van der Waals surface area (Å²) >= 11 is 0. The van der Waals surface area contributed by atoms with Crippen molar-refractivity contribution in [1.82, 2.24) is 20.0 Å². The highest BCUT2D eigenvalue weighted by Crippen LogP contribution is 2.30. The summed E-state index contributed by atoms with van der Waals surface area (Å²) < 4.78 is 16.4. The fraction of sp³-hybridized carbons (Fsp3) is 0.333. The molecule has 3 aromatic heterocycles. The second-order valence-corrected chi connectivity index (χ2v) is 7.16.